The number of carboxylic acid groups (broad SMARTS) is 1. The SMILES string of the molecule is C.CN1CC[C@]2(C)c3cc(O)ccc3CC1[C@@H]2CC(=O)Nc1ccc(C(=O)O)cc1. The molecule has 2 aromatic rings. The number of carbonyl (C=O) groups is 2. The van der Waals surface area contributed by atoms with Gasteiger partial charge in [0, 0.05) is 18.2 Å². The van der Waals surface area contributed by atoms with Crippen LogP contribution in [0, 0.1) is 5.92 Å². The first kappa shape index (κ1) is 21.8. The zero-order valence-electron chi connectivity index (χ0n) is 16.7. The van der Waals surface area contributed by atoms with Gasteiger partial charge in [0.25, 0.3) is 0 Å². The van der Waals surface area contributed by atoms with E-state index in [0.29, 0.717) is 12.1 Å². The van der Waals surface area contributed by atoms with Crippen LogP contribution >= 0.6 is 0 Å². The van der Waals surface area contributed by atoms with Gasteiger partial charge in [0.15, 0.2) is 0 Å². The second-order valence-electron chi connectivity index (χ2n) is 8.50. The minimum atomic E-state index is -0.990. The number of piperidine rings is 1. The number of rotatable bonds is 4. The third-order valence-electron chi connectivity index (χ3n) is 6.79. The zero-order valence-corrected chi connectivity index (χ0v) is 16.7. The number of nitrogens with zero attached hydrogens (tertiary/aromatic N) is 1. The summed E-state index contributed by atoms with van der Waals surface area (Å²) in [5, 5.41) is 22.0. The van der Waals surface area contributed by atoms with Gasteiger partial charge in [0.2, 0.25) is 5.91 Å². The number of phenolic OH excluding ortho intramolecular Hbond substituents is 1. The van der Waals surface area contributed by atoms with E-state index >= 15 is 0 Å². The lowest BCUT2D eigenvalue weighted by Gasteiger charge is -2.54. The van der Waals surface area contributed by atoms with Crippen LogP contribution in [0.25, 0.3) is 0 Å². The number of fused-ring (bicyclic) bond motifs is 4. The Labute approximate surface area is 177 Å². The van der Waals surface area contributed by atoms with Gasteiger partial charge in [-0.15, -0.1) is 0 Å². The molecule has 1 fully saturated rings. The largest absolute Gasteiger partial charge is 0.508 e. The first-order valence-electron chi connectivity index (χ1n) is 9.94. The predicted octanol–water partition coefficient (Wildman–Crippen LogP) is 3.89. The lowest BCUT2D eigenvalue weighted by atomic mass is 9.57. The minimum absolute atomic E-state index is 0. The summed E-state index contributed by atoms with van der Waals surface area (Å²) in [4.78, 5) is 26.2. The highest BCUT2D eigenvalue weighted by molar-refractivity contribution is 5.92. The Kier molecular flexibility index (Phi) is 5.90. The molecule has 6 nitrogen and oxygen atoms in total. The highest BCUT2D eigenvalue weighted by atomic mass is 16.4. The van der Waals surface area contributed by atoms with Crippen molar-refractivity contribution in [1.29, 1.82) is 0 Å². The number of carboxylic acids is 1. The number of hydrogen-bond donors (Lipinski definition) is 3. The van der Waals surface area contributed by atoms with Crippen LogP contribution in [0.1, 0.15) is 48.7 Å². The van der Waals surface area contributed by atoms with E-state index in [9.17, 15) is 14.7 Å². The molecule has 1 amide bonds. The van der Waals surface area contributed by atoms with Crippen LogP contribution in [0.15, 0.2) is 42.5 Å². The maximum Gasteiger partial charge on any atom is 0.335 e. The molecular formula is C24H30N2O4. The molecule has 1 unspecified atom stereocenters. The number of hydrogen-bond acceptors (Lipinski definition) is 4. The van der Waals surface area contributed by atoms with Crippen LogP contribution in [0.5, 0.6) is 5.75 Å². The van der Waals surface area contributed by atoms with Gasteiger partial charge in [-0.25, -0.2) is 4.79 Å². The molecule has 2 aliphatic rings. The maximum atomic E-state index is 12.9. The lowest BCUT2D eigenvalue weighted by molar-refractivity contribution is -0.119. The molecule has 30 heavy (non-hydrogen) atoms. The highest BCUT2D eigenvalue weighted by Crippen LogP contribution is 2.50. The van der Waals surface area contributed by atoms with Crippen LogP contribution in [-0.2, 0) is 16.6 Å². The zero-order chi connectivity index (χ0) is 20.8. The van der Waals surface area contributed by atoms with E-state index in [0.717, 1.165) is 24.9 Å². The van der Waals surface area contributed by atoms with E-state index in [1.807, 2.05) is 12.1 Å². The number of likely N-dealkylation sites (N-methyl/N-ethyl adjacent to an activating group) is 1. The molecule has 4 rings (SSSR count). The van der Waals surface area contributed by atoms with Crippen molar-refractivity contribution in [2.24, 2.45) is 5.92 Å². The van der Waals surface area contributed by atoms with Gasteiger partial charge in [0.1, 0.15) is 5.75 Å². The van der Waals surface area contributed by atoms with Gasteiger partial charge in [0.05, 0.1) is 5.56 Å². The normalized spacial score (nSPS) is 25.0. The van der Waals surface area contributed by atoms with Crippen molar-refractivity contribution in [3.8, 4) is 5.75 Å². The fraction of sp³-hybridized carbons (Fsp3) is 0.417. The number of aromatic hydroxyl groups is 1. The van der Waals surface area contributed by atoms with Crippen molar-refractivity contribution in [2.45, 2.75) is 45.1 Å². The van der Waals surface area contributed by atoms with Crippen molar-refractivity contribution >= 4 is 17.6 Å². The molecule has 2 bridgehead atoms. The Morgan fingerprint density at radius 1 is 1.20 bits per heavy atom. The monoisotopic (exact) mass is 410 g/mol. The number of likely N-dealkylation sites (tertiary alicyclic amines) is 1. The third-order valence-corrected chi connectivity index (χ3v) is 6.79. The summed E-state index contributed by atoms with van der Waals surface area (Å²) in [7, 11) is 2.12. The Hall–Kier alpha value is -2.86. The fourth-order valence-corrected chi connectivity index (χ4v) is 5.09. The average molecular weight is 411 g/mol. The molecule has 1 aliphatic heterocycles. The average Bonchev–Trinajstić information content (AvgIpc) is 2.68. The van der Waals surface area contributed by atoms with Crippen LogP contribution < -0.4 is 5.32 Å². The van der Waals surface area contributed by atoms with E-state index in [1.165, 1.54) is 17.7 Å². The van der Waals surface area contributed by atoms with Gasteiger partial charge in [-0.05, 0) is 85.3 Å². The van der Waals surface area contributed by atoms with Crippen LogP contribution in [0.2, 0.25) is 0 Å². The smallest absolute Gasteiger partial charge is 0.335 e. The van der Waals surface area contributed by atoms with E-state index in [4.69, 9.17) is 5.11 Å². The number of benzene rings is 2. The molecule has 1 saturated heterocycles. The number of aromatic carboxylic acids is 1. The first-order chi connectivity index (χ1) is 13.8. The Morgan fingerprint density at radius 3 is 2.57 bits per heavy atom. The molecule has 1 aliphatic carbocycles. The quantitative estimate of drug-likeness (QED) is 0.712. The van der Waals surface area contributed by atoms with Crippen LogP contribution in [0.4, 0.5) is 5.69 Å². The number of amides is 1. The standard InChI is InChI=1S/C23H26N2O4.CH4/c1-23-9-10-25(2)20(11-15-5-8-17(26)12-18(15)23)19(23)13-21(27)24-16-6-3-14(4-7-16)22(28)29;/h3-8,12,19-20,26H,9-11,13H2,1-2H3,(H,24,27)(H,28,29);1H4/t19-,20?,23+;/m0./s1. The molecule has 6 heteroatoms. The minimum Gasteiger partial charge on any atom is -0.508 e. The van der Waals surface area contributed by atoms with Gasteiger partial charge in [-0.1, -0.05) is 20.4 Å². The molecule has 0 aromatic heterocycles. The Morgan fingerprint density at radius 2 is 1.90 bits per heavy atom. The van der Waals surface area contributed by atoms with Crippen LogP contribution in [0.3, 0.4) is 0 Å². The van der Waals surface area contributed by atoms with Gasteiger partial charge < -0.3 is 20.4 Å². The van der Waals surface area contributed by atoms with Gasteiger partial charge >= 0.3 is 5.97 Å². The predicted molar refractivity (Wildman–Crippen MR) is 117 cm³/mol. The molecule has 2 aromatic carbocycles. The summed E-state index contributed by atoms with van der Waals surface area (Å²) < 4.78 is 0. The van der Waals surface area contributed by atoms with Crippen LogP contribution in [-0.4, -0.2) is 46.6 Å². The van der Waals surface area contributed by atoms with Crippen molar-refractivity contribution in [2.75, 3.05) is 18.9 Å². The molecule has 3 atom stereocenters. The molecule has 160 valence electrons. The number of nitrogens with one attached hydrogen (secondary N) is 1. The summed E-state index contributed by atoms with van der Waals surface area (Å²) in [6.07, 6.45) is 2.18. The van der Waals surface area contributed by atoms with E-state index < -0.39 is 5.97 Å². The van der Waals surface area contributed by atoms with E-state index in [-0.39, 0.29) is 42.0 Å². The Bertz CT molecular complexity index is 956. The molecular weight excluding hydrogens is 380 g/mol. The topological polar surface area (TPSA) is 89.9 Å². The van der Waals surface area contributed by atoms with Crippen molar-refractivity contribution < 1.29 is 19.8 Å². The molecule has 1 heterocycles. The molecule has 0 saturated carbocycles. The van der Waals surface area contributed by atoms with Gasteiger partial charge in [-0.3, -0.25) is 4.79 Å². The van der Waals surface area contributed by atoms with E-state index in [2.05, 4.69) is 24.2 Å². The highest BCUT2D eigenvalue weighted by Gasteiger charge is 2.50. The molecule has 3 N–H and O–H groups in total. The maximum absolute atomic E-state index is 12.9. The second-order valence-corrected chi connectivity index (χ2v) is 8.50. The number of phenols is 1. The molecule has 0 spiro atoms. The lowest BCUT2D eigenvalue weighted by Crippen LogP contribution is -2.58. The summed E-state index contributed by atoms with van der Waals surface area (Å²) in [6.45, 7) is 3.18. The Balaban J connectivity index is 0.00000256. The number of carbonyl (C=O) groups excluding carboxylic acids is 1. The third kappa shape index (κ3) is 3.79. The van der Waals surface area contributed by atoms with E-state index in [1.54, 1.807) is 18.2 Å². The van der Waals surface area contributed by atoms with Crippen molar-refractivity contribution in [3.05, 3.63) is 59.2 Å². The summed E-state index contributed by atoms with van der Waals surface area (Å²) in [5.41, 5.74) is 3.02. The second kappa shape index (κ2) is 8.11. The fourth-order valence-electron chi connectivity index (χ4n) is 5.09. The van der Waals surface area contributed by atoms with Gasteiger partial charge in [-0.2, -0.15) is 0 Å². The summed E-state index contributed by atoms with van der Waals surface area (Å²) in [5.74, 6) is -0.665. The molecule has 0 radical (unpaired) electrons. The first-order valence-corrected chi connectivity index (χ1v) is 9.94. The van der Waals surface area contributed by atoms with Crippen molar-refractivity contribution in [3.63, 3.8) is 0 Å². The summed E-state index contributed by atoms with van der Waals surface area (Å²) in [6, 6.07) is 12.1. The van der Waals surface area contributed by atoms with Crippen molar-refractivity contribution in [1.82, 2.24) is 4.90 Å². The number of anilines is 1. The summed E-state index contributed by atoms with van der Waals surface area (Å²) >= 11 is 0.